The van der Waals surface area contributed by atoms with Gasteiger partial charge in [-0.2, -0.15) is 0 Å². The molecule has 0 saturated heterocycles. The third kappa shape index (κ3) is 8.92. The van der Waals surface area contributed by atoms with Gasteiger partial charge in [-0.3, -0.25) is 4.79 Å². The Morgan fingerprint density at radius 3 is 1.46 bits per heavy atom. The van der Waals surface area contributed by atoms with Crippen LogP contribution in [-0.4, -0.2) is 36.7 Å². The fraction of sp³-hybridized carbons (Fsp3) is 0.500. The van der Waals surface area contributed by atoms with E-state index < -0.39 is 11.9 Å². The second kappa shape index (κ2) is 11.2. The molecule has 0 aliphatic carbocycles. The second-order valence-electron chi connectivity index (χ2n) is 5.38. The topological polar surface area (TPSA) is 78.9 Å². The zero-order chi connectivity index (χ0) is 18.7. The van der Waals surface area contributed by atoms with E-state index in [2.05, 4.69) is 4.74 Å². The summed E-state index contributed by atoms with van der Waals surface area (Å²) in [5.41, 5.74) is 0.466. The molecule has 0 heterocycles. The van der Waals surface area contributed by atoms with Crippen LogP contribution >= 0.6 is 0 Å². The zero-order valence-electron chi connectivity index (χ0n) is 15.1. The normalized spacial score (nSPS) is 9.83. The Kier molecular flexibility index (Phi) is 10.1. The Morgan fingerprint density at radius 1 is 0.875 bits per heavy atom. The lowest BCUT2D eigenvalue weighted by Crippen LogP contribution is -2.18. The molecule has 0 unspecified atom stereocenters. The minimum absolute atomic E-state index is 0.211. The van der Waals surface area contributed by atoms with Gasteiger partial charge in [0.25, 0.3) is 0 Å². The van der Waals surface area contributed by atoms with Crippen molar-refractivity contribution in [1.29, 1.82) is 0 Å². The molecule has 1 aromatic rings. The summed E-state index contributed by atoms with van der Waals surface area (Å²) in [6.07, 6.45) is -0.460. The lowest BCUT2D eigenvalue weighted by molar-refractivity contribution is -0.140. The van der Waals surface area contributed by atoms with E-state index >= 15 is 0 Å². The lowest BCUT2D eigenvalue weighted by atomic mass is 10.1. The van der Waals surface area contributed by atoms with E-state index in [1.165, 1.54) is 6.92 Å². The van der Waals surface area contributed by atoms with Gasteiger partial charge in [0.2, 0.25) is 0 Å². The van der Waals surface area contributed by atoms with Crippen LogP contribution in [0.15, 0.2) is 24.3 Å². The Morgan fingerprint density at radius 2 is 1.25 bits per heavy atom. The minimum Gasteiger partial charge on any atom is -0.466 e. The average Bonchev–Trinajstić information content (AvgIpc) is 2.46. The van der Waals surface area contributed by atoms with E-state index in [1.54, 1.807) is 58.9 Å². The van der Waals surface area contributed by atoms with Crippen molar-refractivity contribution in [2.24, 2.45) is 0 Å². The van der Waals surface area contributed by atoms with Crippen LogP contribution in [0.3, 0.4) is 0 Å². The number of hydrogen-bond donors (Lipinski definition) is 0. The molecule has 0 fully saturated rings. The molecule has 0 N–H and O–H groups in total. The maximum Gasteiger partial charge on any atom is 0.339 e. The lowest BCUT2D eigenvalue weighted by Gasteiger charge is -2.12. The van der Waals surface area contributed by atoms with E-state index in [0.717, 1.165) is 0 Å². The molecule has 0 spiro atoms. The predicted octanol–water partition coefficient (Wildman–Crippen LogP) is 3.39. The number of esters is 3. The van der Waals surface area contributed by atoms with Gasteiger partial charge in [-0.05, 0) is 46.8 Å². The largest absolute Gasteiger partial charge is 0.466 e. The van der Waals surface area contributed by atoms with Crippen molar-refractivity contribution in [3.05, 3.63) is 35.4 Å². The maximum atomic E-state index is 11.8. The summed E-state index contributed by atoms with van der Waals surface area (Å²) < 4.78 is 14.6. The molecule has 0 aliphatic heterocycles. The Hall–Kier alpha value is -2.37. The van der Waals surface area contributed by atoms with E-state index in [9.17, 15) is 14.4 Å². The van der Waals surface area contributed by atoms with Crippen LogP contribution in [0, 0.1) is 0 Å². The third-order valence-corrected chi connectivity index (χ3v) is 2.40. The molecule has 0 radical (unpaired) electrons. The van der Waals surface area contributed by atoms with Gasteiger partial charge in [0.05, 0.1) is 29.9 Å². The molecule has 24 heavy (non-hydrogen) atoms. The van der Waals surface area contributed by atoms with Crippen molar-refractivity contribution < 1.29 is 28.6 Å². The standard InChI is InChI=1S/C14H18O4.C4H8O2/c1-9(2)17-13(15)11-7-5-6-8-12(11)14(16)18-10(3)4;1-3-6-4(2)5/h5-10H,1-4H3;3H2,1-2H3. The van der Waals surface area contributed by atoms with Crippen LogP contribution in [0.25, 0.3) is 0 Å². The molecule has 0 saturated carbocycles. The Labute approximate surface area is 143 Å². The molecule has 6 nitrogen and oxygen atoms in total. The van der Waals surface area contributed by atoms with Crippen LogP contribution < -0.4 is 0 Å². The molecular formula is C18H26O6. The molecule has 1 rings (SSSR count). The highest BCUT2D eigenvalue weighted by Gasteiger charge is 2.20. The van der Waals surface area contributed by atoms with Gasteiger partial charge in [0, 0.05) is 6.92 Å². The van der Waals surface area contributed by atoms with Crippen LogP contribution in [-0.2, 0) is 19.0 Å². The summed E-state index contributed by atoms with van der Waals surface area (Å²) in [6.45, 7) is 10.7. The van der Waals surface area contributed by atoms with Gasteiger partial charge in [0.15, 0.2) is 0 Å². The van der Waals surface area contributed by atoms with Crippen LogP contribution in [0.5, 0.6) is 0 Å². The number of carbonyl (C=O) groups is 3. The van der Waals surface area contributed by atoms with Gasteiger partial charge in [-0.15, -0.1) is 0 Å². The molecule has 0 atom stereocenters. The predicted molar refractivity (Wildman–Crippen MR) is 89.9 cm³/mol. The van der Waals surface area contributed by atoms with Gasteiger partial charge in [0.1, 0.15) is 0 Å². The summed E-state index contributed by atoms with van der Waals surface area (Å²) in [7, 11) is 0. The summed E-state index contributed by atoms with van der Waals surface area (Å²) in [5.74, 6) is -1.24. The quantitative estimate of drug-likeness (QED) is 0.605. The SMILES string of the molecule is CC(C)OC(=O)c1ccccc1C(=O)OC(C)C.CCOC(C)=O. The van der Waals surface area contributed by atoms with Gasteiger partial charge < -0.3 is 14.2 Å². The number of benzene rings is 1. The van der Waals surface area contributed by atoms with Gasteiger partial charge in [-0.25, -0.2) is 9.59 Å². The van der Waals surface area contributed by atoms with Crippen molar-refractivity contribution in [2.75, 3.05) is 6.61 Å². The van der Waals surface area contributed by atoms with Crippen molar-refractivity contribution in [3.8, 4) is 0 Å². The van der Waals surface area contributed by atoms with E-state index in [-0.39, 0.29) is 29.3 Å². The van der Waals surface area contributed by atoms with Gasteiger partial charge in [-0.1, -0.05) is 12.1 Å². The second-order valence-corrected chi connectivity index (χ2v) is 5.38. The molecule has 0 amide bonds. The molecule has 0 bridgehead atoms. The number of hydrogen-bond acceptors (Lipinski definition) is 6. The number of carbonyl (C=O) groups excluding carboxylic acids is 3. The van der Waals surface area contributed by atoms with E-state index in [0.29, 0.717) is 6.61 Å². The third-order valence-electron chi connectivity index (χ3n) is 2.40. The minimum atomic E-state index is -0.513. The average molecular weight is 338 g/mol. The van der Waals surface area contributed by atoms with Gasteiger partial charge >= 0.3 is 17.9 Å². The highest BCUT2D eigenvalue weighted by Crippen LogP contribution is 2.13. The Balaban J connectivity index is 0.000000754. The molecule has 0 aliphatic rings. The van der Waals surface area contributed by atoms with Crippen LogP contribution in [0.2, 0.25) is 0 Å². The van der Waals surface area contributed by atoms with E-state index in [1.807, 2.05) is 0 Å². The van der Waals surface area contributed by atoms with Crippen molar-refractivity contribution in [1.82, 2.24) is 0 Å². The summed E-state index contributed by atoms with van der Waals surface area (Å²) in [4.78, 5) is 33.5. The Bertz CT molecular complexity index is 507. The highest BCUT2D eigenvalue weighted by atomic mass is 16.5. The molecular weight excluding hydrogens is 312 g/mol. The van der Waals surface area contributed by atoms with Crippen LogP contribution in [0.4, 0.5) is 0 Å². The first-order valence-corrected chi connectivity index (χ1v) is 7.83. The first-order chi connectivity index (χ1) is 11.2. The summed E-state index contributed by atoms with van der Waals surface area (Å²) >= 11 is 0. The monoisotopic (exact) mass is 338 g/mol. The molecule has 0 aromatic heterocycles. The fourth-order valence-electron chi connectivity index (χ4n) is 1.60. The van der Waals surface area contributed by atoms with Crippen molar-refractivity contribution in [3.63, 3.8) is 0 Å². The summed E-state index contributed by atoms with van der Waals surface area (Å²) in [5, 5.41) is 0. The zero-order valence-corrected chi connectivity index (χ0v) is 15.1. The van der Waals surface area contributed by atoms with E-state index in [4.69, 9.17) is 9.47 Å². The summed E-state index contributed by atoms with van der Waals surface area (Å²) in [6, 6.07) is 6.48. The van der Waals surface area contributed by atoms with Crippen LogP contribution in [0.1, 0.15) is 62.3 Å². The number of ether oxygens (including phenoxy) is 3. The van der Waals surface area contributed by atoms with Crippen molar-refractivity contribution >= 4 is 17.9 Å². The smallest absolute Gasteiger partial charge is 0.339 e. The maximum absolute atomic E-state index is 11.8. The number of rotatable bonds is 5. The molecule has 1 aromatic carbocycles. The first-order valence-electron chi connectivity index (χ1n) is 7.83. The first kappa shape index (κ1) is 21.6. The molecule has 6 heteroatoms. The molecule has 134 valence electrons. The fourth-order valence-corrected chi connectivity index (χ4v) is 1.60. The van der Waals surface area contributed by atoms with Crippen molar-refractivity contribution in [2.45, 2.75) is 53.8 Å². The highest BCUT2D eigenvalue weighted by molar-refractivity contribution is 6.03.